The average Bonchev–Trinajstić information content (AvgIpc) is 2.81. The number of nitro groups is 1. The van der Waals surface area contributed by atoms with Crippen LogP contribution in [0.15, 0.2) is 114 Å². The van der Waals surface area contributed by atoms with Gasteiger partial charge in [-0.25, -0.2) is 0 Å². The van der Waals surface area contributed by atoms with Crippen molar-refractivity contribution >= 4 is 17.6 Å². The molecule has 30 heavy (non-hydrogen) atoms. The summed E-state index contributed by atoms with van der Waals surface area (Å²) in [4.78, 5) is 12.4. The molecular formula is C25H20N2O2S. The fourth-order valence-electron chi connectivity index (χ4n) is 4.14. The Morgan fingerprint density at radius 2 is 1.10 bits per heavy atom. The second-order valence-electron chi connectivity index (χ2n) is 6.88. The molecule has 5 heteroatoms. The summed E-state index contributed by atoms with van der Waals surface area (Å²) in [5.74, 6) is 0. The number of hydrogen-bond acceptors (Lipinski definition) is 4. The number of nitro benzene ring substituents is 1. The highest BCUT2D eigenvalue weighted by atomic mass is 32.2. The van der Waals surface area contributed by atoms with E-state index in [-0.39, 0.29) is 10.6 Å². The molecule has 2 N–H and O–H groups in total. The van der Waals surface area contributed by atoms with Crippen molar-refractivity contribution in [2.75, 3.05) is 0 Å². The normalized spacial score (nSPS) is 11.2. The van der Waals surface area contributed by atoms with E-state index in [0.717, 1.165) is 28.6 Å². The van der Waals surface area contributed by atoms with Crippen LogP contribution in [0.4, 0.5) is 5.69 Å². The zero-order valence-corrected chi connectivity index (χ0v) is 17.0. The molecule has 0 aliphatic rings. The van der Waals surface area contributed by atoms with Crippen LogP contribution in [0.25, 0.3) is 0 Å². The first-order valence-electron chi connectivity index (χ1n) is 9.50. The standard InChI is InChI=1S/C25H20N2O2S/c26-30-23-18-10-17-22(24(23)27(28)29)25(19-11-4-1-5-12-19,20-13-6-2-7-14-20)21-15-8-3-9-16-21/h1-18H,26H2. The number of nitrogens with two attached hydrogens (primary N) is 1. The van der Waals surface area contributed by atoms with Crippen LogP contribution in [0.5, 0.6) is 0 Å². The maximum Gasteiger partial charge on any atom is 0.288 e. The molecule has 0 aliphatic heterocycles. The summed E-state index contributed by atoms with van der Waals surface area (Å²) < 4.78 is 0. The summed E-state index contributed by atoms with van der Waals surface area (Å²) in [5.41, 5.74) is 2.59. The molecule has 0 heterocycles. The molecule has 0 fully saturated rings. The van der Waals surface area contributed by atoms with Gasteiger partial charge in [0.2, 0.25) is 0 Å². The first-order chi connectivity index (χ1) is 14.7. The second-order valence-corrected chi connectivity index (χ2v) is 7.55. The topological polar surface area (TPSA) is 69.2 Å². The van der Waals surface area contributed by atoms with Gasteiger partial charge in [0, 0.05) is 0 Å². The van der Waals surface area contributed by atoms with Gasteiger partial charge in [0.1, 0.15) is 4.90 Å². The number of nitrogens with zero attached hydrogens (tertiary/aromatic N) is 1. The zero-order chi connectivity index (χ0) is 21.0. The molecule has 148 valence electrons. The summed E-state index contributed by atoms with van der Waals surface area (Å²) in [6.07, 6.45) is 0. The van der Waals surface area contributed by atoms with E-state index in [2.05, 4.69) is 0 Å². The first kappa shape index (κ1) is 19.9. The quantitative estimate of drug-likeness (QED) is 0.184. The molecule has 0 saturated heterocycles. The van der Waals surface area contributed by atoms with Crippen molar-refractivity contribution in [3.05, 3.63) is 142 Å². The van der Waals surface area contributed by atoms with Gasteiger partial charge in [-0.3, -0.25) is 15.3 Å². The van der Waals surface area contributed by atoms with E-state index in [1.807, 2.05) is 103 Å². The second kappa shape index (κ2) is 8.53. The van der Waals surface area contributed by atoms with Crippen molar-refractivity contribution < 1.29 is 4.92 Å². The largest absolute Gasteiger partial charge is 0.288 e. The monoisotopic (exact) mass is 412 g/mol. The lowest BCUT2D eigenvalue weighted by molar-refractivity contribution is -0.388. The van der Waals surface area contributed by atoms with Gasteiger partial charge in [-0.1, -0.05) is 103 Å². The van der Waals surface area contributed by atoms with E-state index in [4.69, 9.17) is 5.14 Å². The zero-order valence-electron chi connectivity index (χ0n) is 16.1. The number of para-hydroxylation sites is 1. The molecule has 0 spiro atoms. The maximum atomic E-state index is 12.3. The van der Waals surface area contributed by atoms with E-state index in [1.165, 1.54) is 0 Å². The highest BCUT2D eigenvalue weighted by Gasteiger charge is 2.43. The van der Waals surface area contributed by atoms with Crippen molar-refractivity contribution in [3.63, 3.8) is 0 Å². The minimum atomic E-state index is -0.877. The van der Waals surface area contributed by atoms with Crippen LogP contribution in [-0.2, 0) is 5.41 Å². The molecule has 0 unspecified atom stereocenters. The van der Waals surface area contributed by atoms with Crippen molar-refractivity contribution in [1.82, 2.24) is 0 Å². The van der Waals surface area contributed by atoms with Gasteiger partial charge in [0.25, 0.3) is 5.69 Å². The average molecular weight is 413 g/mol. The maximum absolute atomic E-state index is 12.3. The summed E-state index contributed by atoms with van der Waals surface area (Å²) in [7, 11) is 0. The summed E-state index contributed by atoms with van der Waals surface area (Å²) in [5, 5.41) is 18.1. The van der Waals surface area contributed by atoms with Crippen LogP contribution in [0, 0.1) is 10.1 Å². The highest BCUT2D eigenvalue weighted by molar-refractivity contribution is 7.97. The Labute approximate surface area is 179 Å². The van der Waals surface area contributed by atoms with Crippen LogP contribution in [0.1, 0.15) is 22.3 Å². The van der Waals surface area contributed by atoms with Crippen molar-refractivity contribution in [1.29, 1.82) is 0 Å². The van der Waals surface area contributed by atoms with Crippen molar-refractivity contribution in [3.8, 4) is 0 Å². The Balaban J connectivity index is 2.22. The van der Waals surface area contributed by atoms with Gasteiger partial charge >= 0.3 is 0 Å². The number of benzene rings is 4. The van der Waals surface area contributed by atoms with Crippen LogP contribution in [0.2, 0.25) is 0 Å². The first-order valence-corrected chi connectivity index (χ1v) is 10.4. The van der Waals surface area contributed by atoms with Crippen LogP contribution < -0.4 is 5.14 Å². The fraction of sp³-hybridized carbons (Fsp3) is 0.0400. The molecule has 4 aromatic rings. The third-order valence-electron chi connectivity index (χ3n) is 5.33. The van der Waals surface area contributed by atoms with E-state index < -0.39 is 5.41 Å². The van der Waals surface area contributed by atoms with E-state index in [0.29, 0.717) is 10.5 Å². The van der Waals surface area contributed by atoms with Gasteiger partial charge < -0.3 is 0 Å². The molecule has 0 aromatic heterocycles. The predicted octanol–water partition coefficient (Wildman–Crippen LogP) is 5.94. The Morgan fingerprint density at radius 1 is 0.667 bits per heavy atom. The van der Waals surface area contributed by atoms with Crippen LogP contribution in [-0.4, -0.2) is 4.92 Å². The van der Waals surface area contributed by atoms with E-state index >= 15 is 0 Å². The minimum Gasteiger partial charge on any atom is -0.273 e. The van der Waals surface area contributed by atoms with Crippen molar-refractivity contribution in [2.24, 2.45) is 5.14 Å². The van der Waals surface area contributed by atoms with Gasteiger partial charge in [-0.2, -0.15) is 0 Å². The predicted molar refractivity (Wildman–Crippen MR) is 121 cm³/mol. The van der Waals surface area contributed by atoms with Crippen molar-refractivity contribution in [2.45, 2.75) is 10.3 Å². The molecule has 4 nitrogen and oxygen atoms in total. The van der Waals surface area contributed by atoms with E-state index in [9.17, 15) is 10.1 Å². The molecule has 0 amide bonds. The third-order valence-corrected chi connectivity index (χ3v) is 5.92. The van der Waals surface area contributed by atoms with Gasteiger partial charge in [0.05, 0.1) is 15.9 Å². The molecule has 0 bridgehead atoms. The molecule has 4 rings (SSSR count). The third kappa shape index (κ3) is 3.28. The van der Waals surface area contributed by atoms with Gasteiger partial charge in [0.15, 0.2) is 0 Å². The van der Waals surface area contributed by atoms with Crippen LogP contribution in [0.3, 0.4) is 0 Å². The molecule has 0 atom stereocenters. The fourth-order valence-corrected chi connectivity index (χ4v) is 4.59. The lowest BCUT2D eigenvalue weighted by atomic mass is 9.64. The highest BCUT2D eigenvalue weighted by Crippen LogP contribution is 2.49. The molecular weight excluding hydrogens is 392 g/mol. The SMILES string of the molecule is NSc1cccc(C(c2ccccc2)(c2ccccc2)c2ccccc2)c1[N+](=O)[O-]. The van der Waals surface area contributed by atoms with E-state index in [1.54, 1.807) is 6.07 Å². The Hall–Kier alpha value is -3.41. The molecule has 0 aliphatic carbocycles. The summed E-state index contributed by atoms with van der Waals surface area (Å²) >= 11 is 0.898. The Bertz CT molecular complexity index is 1050. The molecule has 0 saturated carbocycles. The van der Waals surface area contributed by atoms with Gasteiger partial charge in [-0.15, -0.1) is 0 Å². The Kier molecular flexibility index (Phi) is 5.65. The summed E-state index contributed by atoms with van der Waals surface area (Å²) in [6.45, 7) is 0. The van der Waals surface area contributed by atoms with Crippen LogP contribution >= 0.6 is 11.9 Å². The Morgan fingerprint density at radius 3 is 1.47 bits per heavy atom. The lowest BCUT2D eigenvalue weighted by Gasteiger charge is -2.36. The van der Waals surface area contributed by atoms with Gasteiger partial charge in [-0.05, 0) is 34.7 Å². The number of rotatable bonds is 6. The smallest absolute Gasteiger partial charge is 0.273 e. The lowest BCUT2D eigenvalue weighted by Crippen LogP contribution is -2.32. The minimum absolute atomic E-state index is 0.0292. The molecule has 0 radical (unpaired) electrons. The number of hydrogen-bond donors (Lipinski definition) is 1. The molecule has 4 aromatic carbocycles. The summed E-state index contributed by atoms with van der Waals surface area (Å²) in [6, 6.07) is 35.1.